The number of halogens is 1. The molecule has 1 fully saturated rings. The van der Waals surface area contributed by atoms with Crippen LogP contribution in [0.25, 0.3) is 0 Å². The molecule has 20 heavy (non-hydrogen) atoms. The molecule has 2 rings (SSSR count). The molecule has 1 atom stereocenters. The van der Waals surface area contributed by atoms with E-state index in [1.54, 1.807) is 24.3 Å². The first-order chi connectivity index (χ1) is 9.40. The molecule has 1 aliphatic heterocycles. The number of sulfonamides is 1. The van der Waals surface area contributed by atoms with Crippen molar-refractivity contribution in [3.05, 3.63) is 28.7 Å². The predicted molar refractivity (Wildman–Crippen MR) is 84.1 cm³/mol. The summed E-state index contributed by atoms with van der Waals surface area (Å²) in [5.74, 6) is 0.398. The van der Waals surface area contributed by atoms with Crippen LogP contribution in [0.5, 0.6) is 0 Å². The summed E-state index contributed by atoms with van der Waals surface area (Å²) in [6.45, 7) is 6.88. The number of nitrogens with zero attached hydrogens (tertiary/aromatic N) is 1. The van der Waals surface area contributed by atoms with Crippen LogP contribution in [0.15, 0.2) is 33.6 Å². The van der Waals surface area contributed by atoms with Crippen molar-refractivity contribution in [2.75, 3.05) is 19.6 Å². The standard InChI is InChI=1S/C14H21BrN2O2S/c1-11(2)17-8-7-12(10-17)9-16-20(18,19)14-6-4-3-5-13(14)15/h3-6,11-12,16H,7-10H2,1-2H3. The van der Waals surface area contributed by atoms with Gasteiger partial charge in [0.1, 0.15) is 0 Å². The number of hydrogen-bond acceptors (Lipinski definition) is 3. The Bertz CT molecular complexity index is 560. The number of hydrogen-bond donors (Lipinski definition) is 1. The second-order valence-corrected chi connectivity index (χ2v) is 8.12. The molecular weight excluding hydrogens is 340 g/mol. The lowest BCUT2D eigenvalue weighted by Crippen LogP contribution is -2.33. The Hall–Kier alpha value is -0.430. The second kappa shape index (κ2) is 6.56. The Balaban J connectivity index is 1.96. The molecule has 1 saturated heterocycles. The molecule has 1 unspecified atom stereocenters. The maximum absolute atomic E-state index is 12.3. The van der Waals surface area contributed by atoms with Crippen molar-refractivity contribution in [2.45, 2.75) is 31.2 Å². The van der Waals surface area contributed by atoms with Crippen molar-refractivity contribution < 1.29 is 8.42 Å². The summed E-state index contributed by atoms with van der Waals surface area (Å²) in [7, 11) is -3.43. The van der Waals surface area contributed by atoms with Crippen LogP contribution in [0.1, 0.15) is 20.3 Å². The fourth-order valence-electron chi connectivity index (χ4n) is 2.47. The first kappa shape index (κ1) is 15.9. The van der Waals surface area contributed by atoms with E-state index < -0.39 is 10.0 Å². The van der Waals surface area contributed by atoms with E-state index in [9.17, 15) is 8.42 Å². The van der Waals surface area contributed by atoms with E-state index in [2.05, 4.69) is 39.4 Å². The highest BCUT2D eigenvalue weighted by molar-refractivity contribution is 9.10. The average Bonchev–Trinajstić information content (AvgIpc) is 2.86. The third-order valence-electron chi connectivity index (χ3n) is 3.74. The zero-order valence-electron chi connectivity index (χ0n) is 11.8. The third kappa shape index (κ3) is 3.81. The van der Waals surface area contributed by atoms with Gasteiger partial charge in [0.25, 0.3) is 0 Å². The molecular formula is C14H21BrN2O2S. The van der Waals surface area contributed by atoms with E-state index in [4.69, 9.17) is 0 Å². The van der Waals surface area contributed by atoms with E-state index in [1.807, 2.05) is 0 Å². The Morgan fingerprint density at radius 2 is 2.10 bits per heavy atom. The van der Waals surface area contributed by atoms with Crippen LogP contribution in [0, 0.1) is 5.92 Å². The maximum atomic E-state index is 12.3. The smallest absolute Gasteiger partial charge is 0.241 e. The van der Waals surface area contributed by atoms with Crippen molar-refractivity contribution in [1.29, 1.82) is 0 Å². The molecule has 1 N–H and O–H groups in total. The highest BCUT2D eigenvalue weighted by atomic mass is 79.9. The summed E-state index contributed by atoms with van der Waals surface area (Å²) in [5, 5.41) is 0. The van der Waals surface area contributed by atoms with Gasteiger partial charge in [0.05, 0.1) is 4.90 Å². The Morgan fingerprint density at radius 1 is 1.40 bits per heavy atom. The monoisotopic (exact) mass is 360 g/mol. The van der Waals surface area contributed by atoms with Gasteiger partial charge in [0, 0.05) is 23.6 Å². The van der Waals surface area contributed by atoms with E-state index in [0.29, 0.717) is 27.9 Å². The minimum absolute atomic E-state index is 0.304. The fourth-order valence-corrected chi connectivity index (χ4v) is 4.58. The zero-order valence-corrected chi connectivity index (χ0v) is 14.2. The molecule has 0 aliphatic carbocycles. The van der Waals surface area contributed by atoms with Gasteiger partial charge in [-0.2, -0.15) is 0 Å². The lowest BCUT2D eigenvalue weighted by Gasteiger charge is -2.20. The van der Waals surface area contributed by atoms with Crippen LogP contribution < -0.4 is 4.72 Å². The summed E-state index contributed by atoms with van der Waals surface area (Å²) >= 11 is 3.29. The van der Waals surface area contributed by atoms with Gasteiger partial charge in [-0.1, -0.05) is 12.1 Å². The van der Waals surface area contributed by atoms with Gasteiger partial charge in [-0.3, -0.25) is 0 Å². The largest absolute Gasteiger partial charge is 0.301 e. The average molecular weight is 361 g/mol. The summed E-state index contributed by atoms with van der Waals surface area (Å²) in [4.78, 5) is 2.69. The zero-order chi connectivity index (χ0) is 14.8. The third-order valence-corrected chi connectivity index (χ3v) is 6.17. The predicted octanol–water partition coefficient (Wildman–Crippen LogP) is 2.46. The van der Waals surface area contributed by atoms with Crippen molar-refractivity contribution >= 4 is 26.0 Å². The minimum atomic E-state index is -3.43. The summed E-state index contributed by atoms with van der Waals surface area (Å²) in [6, 6.07) is 7.42. The summed E-state index contributed by atoms with van der Waals surface area (Å²) in [5.41, 5.74) is 0. The van der Waals surface area contributed by atoms with Crippen LogP contribution in [-0.2, 0) is 10.0 Å². The second-order valence-electron chi connectivity index (χ2n) is 5.53. The van der Waals surface area contributed by atoms with Crippen molar-refractivity contribution in [2.24, 2.45) is 5.92 Å². The molecule has 0 bridgehead atoms. The van der Waals surface area contributed by atoms with Crippen LogP contribution in [0.3, 0.4) is 0 Å². The molecule has 1 aliphatic rings. The quantitative estimate of drug-likeness (QED) is 0.877. The Kier molecular flexibility index (Phi) is 5.23. The minimum Gasteiger partial charge on any atom is -0.301 e. The molecule has 0 aromatic heterocycles. The Labute approximate surface area is 129 Å². The highest BCUT2D eigenvalue weighted by Crippen LogP contribution is 2.22. The van der Waals surface area contributed by atoms with Crippen LogP contribution in [0.4, 0.5) is 0 Å². The van der Waals surface area contributed by atoms with Gasteiger partial charge in [-0.25, -0.2) is 13.1 Å². The number of benzene rings is 1. The SMILES string of the molecule is CC(C)N1CCC(CNS(=O)(=O)c2ccccc2Br)C1. The van der Waals surface area contributed by atoms with E-state index in [1.165, 1.54) is 0 Å². The molecule has 6 heteroatoms. The molecule has 0 amide bonds. The number of rotatable bonds is 5. The fraction of sp³-hybridized carbons (Fsp3) is 0.571. The van der Waals surface area contributed by atoms with Gasteiger partial charge < -0.3 is 4.90 Å². The van der Waals surface area contributed by atoms with E-state index in [-0.39, 0.29) is 0 Å². The number of likely N-dealkylation sites (tertiary alicyclic amines) is 1. The van der Waals surface area contributed by atoms with Gasteiger partial charge in [-0.05, 0) is 60.8 Å². The van der Waals surface area contributed by atoms with Gasteiger partial charge >= 0.3 is 0 Å². The van der Waals surface area contributed by atoms with Crippen LogP contribution in [-0.4, -0.2) is 39.0 Å². The number of nitrogens with one attached hydrogen (secondary N) is 1. The normalized spacial score (nSPS) is 20.7. The molecule has 0 saturated carbocycles. The molecule has 0 radical (unpaired) electrons. The first-order valence-electron chi connectivity index (χ1n) is 6.88. The first-order valence-corrected chi connectivity index (χ1v) is 9.16. The van der Waals surface area contributed by atoms with Crippen molar-refractivity contribution in [3.63, 3.8) is 0 Å². The van der Waals surface area contributed by atoms with Crippen molar-refractivity contribution in [1.82, 2.24) is 9.62 Å². The summed E-state index contributed by atoms with van der Waals surface area (Å²) in [6.07, 6.45) is 1.05. The molecule has 1 heterocycles. The topological polar surface area (TPSA) is 49.4 Å². The highest BCUT2D eigenvalue weighted by Gasteiger charge is 2.26. The molecule has 1 aromatic carbocycles. The summed E-state index contributed by atoms with van der Waals surface area (Å²) < 4.78 is 27.9. The van der Waals surface area contributed by atoms with Gasteiger partial charge in [0.15, 0.2) is 0 Å². The van der Waals surface area contributed by atoms with Gasteiger partial charge in [0.2, 0.25) is 10.0 Å². The van der Waals surface area contributed by atoms with Crippen molar-refractivity contribution in [3.8, 4) is 0 Å². The van der Waals surface area contributed by atoms with Crippen LogP contribution >= 0.6 is 15.9 Å². The van der Waals surface area contributed by atoms with E-state index >= 15 is 0 Å². The lowest BCUT2D eigenvalue weighted by atomic mass is 10.1. The lowest BCUT2D eigenvalue weighted by molar-refractivity contribution is 0.265. The molecule has 0 spiro atoms. The van der Waals surface area contributed by atoms with Crippen LogP contribution in [0.2, 0.25) is 0 Å². The van der Waals surface area contributed by atoms with E-state index in [0.717, 1.165) is 19.5 Å². The maximum Gasteiger partial charge on any atom is 0.241 e. The molecule has 1 aromatic rings. The van der Waals surface area contributed by atoms with Gasteiger partial charge in [-0.15, -0.1) is 0 Å². The molecule has 112 valence electrons. The molecule has 4 nitrogen and oxygen atoms in total. The Morgan fingerprint density at radius 3 is 2.70 bits per heavy atom.